The molecule has 2 aliphatic heterocycles. The topological polar surface area (TPSA) is 61.0 Å². The predicted molar refractivity (Wildman–Crippen MR) is 119 cm³/mol. The zero-order valence-electron chi connectivity index (χ0n) is 19.4. The number of aromatic nitrogens is 2. The van der Waals surface area contributed by atoms with Crippen molar-refractivity contribution < 1.29 is 19.2 Å². The van der Waals surface area contributed by atoms with Gasteiger partial charge in [-0.2, -0.15) is 5.10 Å². The van der Waals surface area contributed by atoms with Crippen molar-refractivity contribution in [1.82, 2.24) is 14.7 Å². The number of carbonyl (C=O) groups excluding carboxylic acids is 1. The summed E-state index contributed by atoms with van der Waals surface area (Å²) in [6, 6.07) is 8.34. The zero-order chi connectivity index (χ0) is 22.2. The van der Waals surface area contributed by atoms with Crippen molar-refractivity contribution in [3.63, 3.8) is 0 Å². The Morgan fingerprint density at radius 3 is 2.77 bits per heavy atom. The first kappa shape index (κ1) is 21.7. The van der Waals surface area contributed by atoms with Crippen molar-refractivity contribution in [2.24, 2.45) is 0 Å². The summed E-state index contributed by atoms with van der Waals surface area (Å²) in [5.41, 5.74) is 2.30. The molecule has 1 aromatic heterocycles. The summed E-state index contributed by atoms with van der Waals surface area (Å²) in [6.07, 6.45) is 2.38. The molecule has 0 radical (unpaired) electrons. The maximum atomic E-state index is 13.8. The lowest BCUT2D eigenvalue weighted by molar-refractivity contribution is -0.909. The number of amides is 1. The standard InChI is InChI=1S/C24H34N4O3/c1-6-26-11-7-8-19(26)15-27(14-18-9-10-21-22(13-18)31-16-30-21)23(29)20-12-17(2)25-28(20)24(3,4)5/h9-10,12-13,19H,6-8,11,14-16H2,1-5H3/p+1/t19-/m0/s1. The summed E-state index contributed by atoms with van der Waals surface area (Å²) >= 11 is 0. The van der Waals surface area contributed by atoms with Crippen molar-refractivity contribution >= 4 is 5.91 Å². The number of quaternary nitrogens is 1. The number of likely N-dealkylation sites (N-methyl/N-ethyl adjacent to an activating group) is 1. The molecule has 1 amide bonds. The van der Waals surface area contributed by atoms with Gasteiger partial charge >= 0.3 is 0 Å². The van der Waals surface area contributed by atoms with E-state index in [0.29, 0.717) is 18.3 Å². The van der Waals surface area contributed by atoms with Gasteiger partial charge in [-0.1, -0.05) is 6.07 Å². The van der Waals surface area contributed by atoms with E-state index in [9.17, 15) is 4.79 Å². The van der Waals surface area contributed by atoms with Crippen molar-refractivity contribution in [2.75, 3.05) is 26.4 Å². The molecule has 1 N–H and O–H groups in total. The smallest absolute Gasteiger partial charge is 0.272 e. The molecule has 31 heavy (non-hydrogen) atoms. The van der Waals surface area contributed by atoms with Crippen LogP contribution in [0.4, 0.5) is 0 Å². The minimum Gasteiger partial charge on any atom is -0.454 e. The first-order chi connectivity index (χ1) is 14.8. The fourth-order valence-electron chi connectivity index (χ4n) is 4.74. The van der Waals surface area contributed by atoms with Crippen LogP contribution >= 0.6 is 0 Å². The van der Waals surface area contributed by atoms with Crippen molar-refractivity contribution in [3.8, 4) is 11.5 Å². The Labute approximate surface area is 184 Å². The predicted octanol–water partition coefficient (Wildman–Crippen LogP) is 2.38. The fraction of sp³-hybridized carbons (Fsp3) is 0.583. The summed E-state index contributed by atoms with van der Waals surface area (Å²) in [7, 11) is 0. The maximum Gasteiger partial charge on any atom is 0.272 e. The van der Waals surface area contributed by atoms with Crippen LogP contribution < -0.4 is 14.4 Å². The van der Waals surface area contributed by atoms with Gasteiger partial charge in [-0.3, -0.25) is 9.48 Å². The molecule has 168 valence electrons. The Morgan fingerprint density at radius 1 is 1.26 bits per heavy atom. The summed E-state index contributed by atoms with van der Waals surface area (Å²) in [4.78, 5) is 17.4. The molecule has 2 aliphatic rings. The molecule has 0 spiro atoms. The molecule has 7 heteroatoms. The van der Waals surface area contributed by atoms with Crippen LogP contribution in [0.3, 0.4) is 0 Å². The molecule has 0 aliphatic carbocycles. The van der Waals surface area contributed by atoms with Gasteiger partial charge in [-0.25, -0.2) is 0 Å². The second-order valence-electron chi connectivity index (χ2n) is 9.73. The van der Waals surface area contributed by atoms with E-state index in [1.54, 1.807) is 4.90 Å². The third-order valence-electron chi connectivity index (χ3n) is 6.31. The van der Waals surface area contributed by atoms with E-state index in [2.05, 4.69) is 32.8 Å². The summed E-state index contributed by atoms with van der Waals surface area (Å²) in [5, 5.41) is 4.63. The zero-order valence-corrected chi connectivity index (χ0v) is 19.4. The number of hydrogen-bond acceptors (Lipinski definition) is 4. The van der Waals surface area contributed by atoms with Crippen molar-refractivity contribution in [1.29, 1.82) is 0 Å². The SMILES string of the molecule is CC[NH+]1CCC[C@H]1CN(Cc1ccc2c(c1)OCO2)C(=O)c1cc(C)nn1C(C)(C)C. The molecule has 0 saturated carbocycles. The van der Waals surface area contributed by atoms with Crippen LogP contribution in [0.2, 0.25) is 0 Å². The van der Waals surface area contributed by atoms with Crippen LogP contribution in [0, 0.1) is 6.92 Å². The highest BCUT2D eigenvalue weighted by molar-refractivity contribution is 5.93. The number of carbonyl (C=O) groups is 1. The monoisotopic (exact) mass is 427 g/mol. The Bertz CT molecular complexity index is 947. The number of benzene rings is 1. The van der Waals surface area contributed by atoms with Gasteiger partial charge in [0.25, 0.3) is 5.91 Å². The Kier molecular flexibility index (Phi) is 5.97. The number of nitrogens with zero attached hydrogens (tertiary/aromatic N) is 3. The molecule has 1 fully saturated rings. The molecule has 3 heterocycles. The molecule has 1 saturated heterocycles. The van der Waals surface area contributed by atoms with E-state index in [1.165, 1.54) is 13.0 Å². The van der Waals surface area contributed by atoms with Crippen LogP contribution in [0.5, 0.6) is 11.5 Å². The van der Waals surface area contributed by atoms with E-state index in [0.717, 1.165) is 42.3 Å². The fourth-order valence-corrected chi connectivity index (χ4v) is 4.74. The van der Waals surface area contributed by atoms with Gasteiger partial charge in [0, 0.05) is 19.4 Å². The van der Waals surface area contributed by atoms with Gasteiger partial charge in [-0.15, -0.1) is 0 Å². The molecule has 1 unspecified atom stereocenters. The minimum absolute atomic E-state index is 0.0375. The average Bonchev–Trinajstić information content (AvgIpc) is 3.45. The highest BCUT2D eigenvalue weighted by Crippen LogP contribution is 2.33. The first-order valence-corrected chi connectivity index (χ1v) is 11.4. The molecule has 0 bridgehead atoms. The van der Waals surface area contributed by atoms with E-state index in [-0.39, 0.29) is 18.2 Å². The summed E-state index contributed by atoms with van der Waals surface area (Å²) in [5.74, 6) is 1.55. The second kappa shape index (κ2) is 8.54. The van der Waals surface area contributed by atoms with Crippen LogP contribution in [0.25, 0.3) is 0 Å². The normalized spacial score (nSPS) is 20.3. The van der Waals surface area contributed by atoms with Gasteiger partial charge in [-0.05, 0) is 58.4 Å². The first-order valence-electron chi connectivity index (χ1n) is 11.4. The molecule has 2 aromatic rings. The lowest BCUT2D eigenvalue weighted by atomic mass is 10.1. The van der Waals surface area contributed by atoms with Gasteiger partial charge < -0.3 is 19.3 Å². The molecule has 4 rings (SSSR count). The van der Waals surface area contributed by atoms with E-state index < -0.39 is 0 Å². The molecule has 1 aromatic carbocycles. The number of rotatable bonds is 6. The second-order valence-corrected chi connectivity index (χ2v) is 9.73. The van der Waals surface area contributed by atoms with Gasteiger partial charge in [0.1, 0.15) is 11.7 Å². The third-order valence-corrected chi connectivity index (χ3v) is 6.31. The summed E-state index contributed by atoms with van der Waals surface area (Å²) < 4.78 is 12.9. The Balaban J connectivity index is 1.64. The maximum absolute atomic E-state index is 13.8. The van der Waals surface area contributed by atoms with Gasteiger partial charge in [0.15, 0.2) is 11.5 Å². The summed E-state index contributed by atoms with van der Waals surface area (Å²) in [6.45, 7) is 14.2. The van der Waals surface area contributed by atoms with Gasteiger partial charge in [0.2, 0.25) is 6.79 Å². The third kappa shape index (κ3) is 4.56. The quantitative estimate of drug-likeness (QED) is 0.769. The minimum atomic E-state index is -0.266. The van der Waals surface area contributed by atoms with Crippen molar-refractivity contribution in [2.45, 2.75) is 65.6 Å². The number of aryl methyl sites for hydroxylation is 1. The van der Waals surface area contributed by atoms with Crippen LogP contribution in [-0.2, 0) is 12.1 Å². The highest BCUT2D eigenvalue weighted by Gasteiger charge is 2.33. The van der Waals surface area contributed by atoms with Gasteiger partial charge in [0.05, 0.1) is 30.9 Å². The number of ether oxygens (including phenoxy) is 2. The lowest BCUT2D eigenvalue weighted by Gasteiger charge is -2.30. The molecular formula is C24H35N4O3+. The van der Waals surface area contributed by atoms with E-state index >= 15 is 0 Å². The highest BCUT2D eigenvalue weighted by atomic mass is 16.7. The van der Waals surface area contributed by atoms with Crippen LogP contribution in [0.15, 0.2) is 24.3 Å². The molecular weight excluding hydrogens is 392 g/mol. The number of nitrogens with one attached hydrogen (secondary N) is 1. The Morgan fingerprint density at radius 2 is 2.03 bits per heavy atom. The van der Waals surface area contributed by atoms with E-state index in [4.69, 9.17) is 9.47 Å². The number of fused-ring (bicyclic) bond motifs is 1. The van der Waals surface area contributed by atoms with Crippen LogP contribution in [0.1, 0.15) is 62.3 Å². The molecule has 2 atom stereocenters. The van der Waals surface area contributed by atoms with Crippen LogP contribution in [-0.4, -0.2) is 53.1 Å². The van der Waals surface area contributed by atoms with Crippen molar-refractivity contribution in [3.05, 3.63) is 41.2 Å². The lowest BCUT2D eigenvalue weighted by Crippen LogP contribution is -3.14. The van der Waals surface area contributed by atoms with E-state index in [1.807, 2.05) is 40.8 Å². The average molecular weight is 428 g/mol. The number of likely N-dealkylation sites (tertiary alicyclic amines) is 1. The Hall–Kier alpha value is -2.54. The number of hydrogen-bond donors (Lipinski definition) is 1. The molecule has 7 nitrogen and oxygen atoms in total. The largest absolute Gasteiger partial charge is 0.454 e.